The molecule has 0 aromatic heterocycles. The molecule has 1 saturated heterocycles. The Kier molecular flexibility index (Phi) is 6.08. The van der Waals surface area contributed by atoms with Crippen LogP contribution in [0.1, 0.15) is 40.0 Å². The van der Waals surface area contributed by atoms with Gasteiger partial charge in [-0.2, -0.15) is 0 Å². The molecule has 18 heavy (non-hydrogen) atoms. The molecule has 0 saturated carbocycles. The van der Waals surface area contributed by atoms with Crippen molar-refractivity contribution < 1.29 is 8.42 Å². The maximum atomic E-state index is 11.6. The number of hydrogen-bond donors (Lipinski definition) is 1. The van der Waals surface area contributed by atoms with Crippen LogP contribution in [-0.4, -0.2) is 44.7 Å². The highest BCUT2D eigenvalue weighted by Crippen LogP contribution is 2.24. The van der Waals surface area contributed by atoms with Gasteiger partial charge in [-0.1, -0.05) is 20.8 Å². The third-order valence-electron chi connectivity index (χ3n) is 3.81. The number of nitrogens with one attached hydrogen (secondary N) is 1. The van der Waals surface area contributed by atoms with Gasteiger partial charge in [0, 0.05) is 19.1 Å². The van der Waals surface area contributed by atoms with Gasteiger partial charge in [-0.3, -0.25) is 0 Å². The van der Waals surface area contributed by atoms with Gasteiger partial charge in [-0.25, -0.2) is 12.7 Å². The van der Waals surface area contributed by atoms with Crippen LogP contribution in [0.5, 0.6) is 0 Å². The Labute approximate surface area is 112 Å². The van der Waals surface area contributed by atoms with E-state index in [4.69, 9.17) is 0 Å². The van der Waals surface area contributed by atoms with E-state index in [1.807, 2.05) is 0 Å². The van der Waals surface area contributed by atoms with Crippen molar-refractivity contribution in [1.82, 2.24) is 9.62 Å². The normalized spacial score (nSPS) is 24.4. The van der Waals surface area contributed by atoms with E-state index in [-0.39, 0.29) is 0 Å². The molecule has 0 aliphatic carbocycles. The van der Waals surface area contributed by atoms with Crippen LogP contribution in [-0.2, 0) is 10.0 Å². The first-order valence-corrected chi connectivity index (χ1v) is 8.88. The van der Waals surface area contributed by atoms with Crippen LogP contribution in [0.25, 0.3) is 0 Å². The highest BCUT2D eigenvalue weighted by molar-refractivity contribution is 7.88. The van der Waals surface area contributed by atoms with E-state index in [0.717, 1.165) is 25.8 Å². The van der Waals surface area contributed by atoms with Gasteiger partial charge >= 0.3 is 0 Å². The zero-order valence-corrected chi connectivity index (χ0v) is 13.0. The summed E-state index contributed by atoms with van der Waals surface area (Å²) in [5, 5.41) is 3.51. The molecule has 0 amide bonds. The average molecular weight is 276 g/mol. The molecule has 1 heterocycles. The van der Waals surface area contributed by atoms with Crippen LogP contribution >= 0.6 is 0 Å². The van der Waals surface area contributed by atoms with Crippen LogP contribution in [0.4, 0.5) is 0 Å². The Bertz CT molecular complexity index is 341. The molecule has 0 spiro atoms. The SMILES string of the molecule is CCNC(CC1CCCN(S(C)(=O)=O)C1)C(C)C. The van der Waals surface area contributed by atoms with E-state index in [1.54, 1.807) is 4.31 Å². The van der Waals surface area contributed by atoms with Crippen LogP contribution in [0.2, 0.25) is 0 Å². The van der Waals surface area contributed by atoms with E-state index >= 15 is 0 Å². The van der Waals surface area contributed by atoms with E-state index in [0.29, 0.717) is 31.0 Å². The Morgan fingerprint density at radius 3 is 2.56 bits per heavy atom. The lowest BCUT2D eigenvalue weighted by Crippen LogP contribution is -2.43. The fourth-order valence-corrected chi connectivity index (χ4v) is 3.68. The summed E-state index contributed by atoms with van der Waals surface area (Å²) in [6.07, 6.45) is 4.55. The first kappa shape index (κ1) is 15.9. The Morgan fingerprint density at radius 1 is 1.39 bits per heavy atom. The van der Waals surface area contributed by atoms with E-state index in [2.05, 4.69) is 26.1 Å². The van der Waals surface area contributed by atoms with Crippen molar-refractivity contribution in [2.75, 3.05) is 25.9 Å². The molecule has 2 unspecified atom stereocenters. The Balaban J connectivity index is 2.56. The molecular formula is C13H28N2O2S. The summed E-state index contributed by atoms with van der Waals surface area (Å²) in [5.41, 5.74) is 0. The van der Waals surface area contributed by atoms with Crippen molar-refractivity contribution in [2.24, 2.45) is 11.8 Å². The molecule has 1 N–H and O–H groups in total. The second-order valence-electron chi connectivity index (χ2n) is 5.77. The standard InChI is InChI=1S/C13H28N2O2S/c1-5-14-13(11(2)3)9-12-7-6-8-15(10-12)18(4,16)17/h11-14H,5-10H2,1-4H3. The van der Waals surface area contributed by atoms with Gasteiger partial charge in [-0.05, 0) is 37.6 Å². The van der Waals surface area contributed by atoms with Gasteiger partial charge in [0.1, 0.15) is 0 Å². The molecule has 4 nitrogen and oxygen atoms in total. The van der Waals surface area contributed by atoms with Crippen molar-refractivity contribution in [3.05, 3.63) is 0 Å². The molecule has 1 rings (SSSR count). The highest BCUT2D eigenvalue weighted by atomic mass is 32.2. The number of sulfonamides is 1. The molecule has 1 fully saturated rings. The molecule has 0 radical (unpaired) electrons. The van der Waals surface area contributed by atoms with Crippen molar-refractivity contribution in [2.45, 2.75) is 46.1 Å². The minimum absolute atomic E-state index is 0.500. The summed E-state index contributed by atoms with van der Waals surface area (Å²) in [7, 11) is -3.01. The van der Waals surface area contributed by atoms with Gasteiger partial charge in [0.05, 0.1) is 6.26 Å². The molecule has 108 valence electrons. The predicted molar refractivity (Wildman–Crippen MR) is 76.1 cm³/mol. The second-order valence-corrected chi connectivity index (χ2v) is 7.76. The summed E-state index contributed by atoms with van der Waals surface area (Å²) in [5.74, 6) is 1.10. The van der Waals surface area contributed by atoms with Gasteiger partial charge in [0.25, 0.3) is 0 Å². The van der Waals surface area contributed by atoms with Crippen molar-refractivity contribution in [3.8, 4) is 0 Å². The summed E-state index contributed by atoms with van der Waals surface area (Å²) >= 11 is 0. The lowest BCUT2D eigenvalue weighted by molar-refractivity contribution is 0.222. The molecule has 0 aromatic carbocycles. The topological polar surface area (TPSA) is 49.4 Å². The van der Waals surface area contributed by atoms with Crippen LogP contribution in [0, 0.1) is 11.8 Å². The zero-order valence-electron chi connectivity index (χ0n) is 12.1. The molecule has 0 bridgehead atoms. The minimum Gasteiger partial charge on any atom is -0.314 e. The third kappa shape index (κ3) is 4.86. The maximum Gasteiger partial charge on any atom is 0.211 e. The molecule has 0 aromatic rings. The number of rotatable bonds is 6. The second kappa shape index (κ2) is 6.87. The smallest absolute Gasteiger partial charge is 0.211 e. The van der Waals surface area contributed by atoms with Crippen molar-refractivity contribution >= 4 is 10.0 Å². The maximum absolute atomic E-state index is 11.6. The van der Waals surface area contributed by atoms with Crippen molar-refractivity contribution in [1.29, 1.82) is 0 Å². The largest absolute Gasteiger partial charge is 0.314 e. The Morgan fingerprint density at radius 2 is 2.06 bits per heavy atom. The summed E-state index contributed by atoms with van der Waals surface area (Å²) in [4.78, 5) is 0. The molecular weight excluding hydrogens is 248 g/mol. The minimum atomic E-state index is -3.01. The Hall–Kier alpha value is -0.130. The highest BCUT2D eigenvalue weighted by Gasteiger charge is 2.28. The fraction of sp³-hybridized carbons (Fsp3) is 1.00. The molecule has 2 atom stereocenters. The van der Waals surface area contributed by atoms with Crippen LogP contribution in [0.3, 0.4) is 0 Å². The quantitative estimate of drug-likeness (QED) is 0.803. The first-order valence-electron chi connectivity index (χ1n) is 7.03. The average Bonchev–Trinajstić information content (AvgIpc) is 2.27. The lowest BCUT2D eigenvalue weighted by Gasteiger charge is -2.34. The van der Waals surface area contributed by atoms with Crippen LogP contribution in [0.15, 0.2) is 0 Å². The zero-order chi connectivity index (χ0) is 13.8. The van der Waals surface area contributed by atoms with Gasteiger partial charge in [-0.15, -0.1) is 0 Å². The number of nitrogens with zero attached hydrogens (tertiary/aromatic N) is 1. The summed E-state index contributed by atoms with van der Waals surface area (Å²) in [6.45, 7) is 8.95. The third-order valence-corrected chi connectivity index (χ3v) is 5.08. The summed E-state index contributed by atoms with van der Waals surface area (Å²) < 4.78 is 24.8. The molecule has 5 heteroatoms. The fourth-order valence-electron chi connectivity index (χ4n) is 2.73. The van der Waals surface area contributed by atoms with E-state index < -0.39 is 10.0 Å². The monoisotopic (exact) mass is 276 g/mol. The molecule has 1 aliphatic rings. The molecule has 1 aliphatic heterocycles. The van der Waals surface area contributed by atoms with Gasteiger partial charge in [0.2, 0.25) is 10.0 Å². The first-order chi connectivity index (χ1) is 8.34. The van der Waals surface area contributed by atoms with E-state index in [9.17, 15) is 8.42 Å². The van der Waals surface area contributed by atoms with Gasteiger partial charge in [0.15, 0.2) is 0 Å². The number of hydrogen-bond acceptors (Lipinski definition) is 3. The lowest BCUT2D eigenvalue weighted by atomic mass is 9.88. The summed E-state index contributed by atoms with van der Waals surface area (Å²) in [6, 6.07) is 0.500. The number of piperidine rings is 1. The van der Waals surface area contributed by atoms with E-state index in [1.165, 1.54) is 6.26 Å². The predicted octanol–water partition coefficient (Wildman–Crippen LogP) is 1.68. The van der Waals surface area contributed by atoms with Gasteiger partial charge < -0.3 is 5.32 Å². The van der Waals surface area contributed by atoms with Crippen LogP contribution < -0.4 is 5.32 Å². The van der Waals surface area contributed by atoms with Crippen molar-refractivity contribution in [3.63, 3.8) is 0 Å².